The van der Waals surface area contributed by atoms with Gasteiger partial charge in [0, 0.05) is 11.6 Å². The summed E-state index contributed by atoms with van der Waals surface area (Å²) >= 11 is 5.85. The van der Waals surface area contributed by atoms with Crippen LogP contribution in [0.15, 0.2) is 30.0 Å². The Kier molecular flexibility index (Phi) is 2.32. The minimum Gasteiger partial charge on any atom is -0.492 e. The zero-order chi connectivity index (χ0) is 11.0. The second kappa shape index (κ2) is 3.51. The topological polar surface area (TPSA) is 43.4 Å². The maximum Gasteiger partial charge on any atom is 0.228 e. The average molecular weight is 223 g/mol. The summed E-state index contributed by atoms with van der Waals surface area (Å²) in [5.41, 5.74) is 0.553. The highest BCUT2D eigenvalue weighted by Gasteiger charge is 2.27. The van der Waals surface area contributed by atoms with Gasteiger partial charge in [0.25, 0.3) is 0 Å². The summed E-state index contributed by atoms with van der Waals surface area (Å²) in [5, 5.41) is 0.289. The van der Waals surface area contributed by atoms with E-state index >= 15 is 0 Å². The molecule has 0 heterocycles. The Morgan fingerprint density at radius 1 is 1.27 bits per heavy atom. The van der Waals surface area contributed by atoms with E-state index in [0.29, 0.717) is 5.56 Å². The highest BCUT2D eigenvalue weighted by atomic mass is 35.5. The predicted molar refractivity (Wildman–Crippen MR) is 55.2 cm³/mol. The Morgan fingerprint density at radius 2 is 2.00 bits per heavy atom. The summed E-state index contributed by atoms with van der Waals surface area (Å²) in [7, 11) is 1.35. The lowest BCUT2D eigenvalue weighted by Crippen LogP contribution is -2.18. The highest BCUT2D eigenvalue weighted by molar-refractivity contribution is 6.37. The molecule has 1 aromatic rings. The van der Waals surface area contributed by atoms with Gasteiger partial charge in [-0.05, 0) is 6.07 Å². The van der Waals surface area contributed by atoms with Crippen LogP contribution in [0.5, 0.6) is 0 Å². The molecule has 0 saturated carbocycles. The van der Waals surface area contributed by atoms with Crippen LogP contribution in [0.1, 0.15) is 20.7 Å². The molecule has 0 aromatic heterocycles. The number of benzene rings is 1. The molecule has 0 aliphatic heterocycles. The number of Topliss-reactive ketones (excluding diaryl/α,β-unsaturated/α-hetero) is 1. The summed E-state index contributed by atoms with van der Waals surface area (Å²) < 4.78 is 4.82. The highest BCUT2D eigenvalue weighted by Crippen LogP contribution is 2.27. The maximum absolute atomic E-state index is 11.7. The molecule has 0 amide bonds. The lowest BCUT2D eigenvalue weighted by molar-refractivity contribution is 0.0917. The average Bonchev–Trinajstić information content (AvgIpc) is 2.23. The molecule has 0 N–H and O–H groups in total. The van der Waals surface area contributed by atoms with E-state index in [2.05, 4.69) is 0 Å². The molecular weight excluding hydrogens is 216 g/mol. The second-order valence-electron chi connectivity index (χ2n) is 3.07. The van der Waals surface area contributed by atoms with Crippen LogP contribution in [0, 0.1) is 0 Å². The molecule has 4 heteroatoms. The van der Waals surface area contributed by atoms with Crippen molar-refractivity contribution in [1.29, 1.82) is 0 Å². The first kappa shape index (κ1) is 9.93. The molecule has 1 aliphatic rings. The first-order valence-electron chi connectivity index (χ1n) is 4.28. The third-order valence-electron chi connectivity index (χ3n) is 2.21. The molecule has 1 aromatic carbocycles. The molecule has 0 atom stereocenters. The van der Waals surface area contributed by atoms with Crippen molar-refractivity contribution in [3.8, 4) is 0 Å². The Hall–Kier alpha value is -1.61. The van der Waals surface area contributed by atoms with Gasteiger partial charge in [-0.3, -0.25) is 9.59 Å². The third kappa shape index (κ3) is 1.45. The molecule has 76 valence electrons. The van der Waals surface area contributed by atoms with Gasteiger partial charge in [-0.15, -0.1) is 0 Å². The molecule has 0 saturated heterocycles. The van der Waals surface area contributed by atoms with Gasteiger partial charge in [0.1, 0.15) is 0 Å². The minimum atomic E-state index is -0.311. The quantitative estimate of drug-likeness (QED) is 0.732. The van der Waals surface area contributed by atoms with Gasteiger partial charge in [0.05, 0.1) is 17.7 Å². The van der Waals surface area contributed by atoms with Gasteiger partial charge in [0.15, 0.2) is 11.5 Å². The lowest BCUT2D eigenvalue weighted by atomic mass is 9.93. The number of ether oxygens (including phenoxy) is 1. The summed E-state index contributed by atoms with van der Waals surface area (Å²) in [6.07, 6.45) is 1.16. The molecule has 1 aliphatic carbocycles. The fourth-order valence-corrected chi connectivity index (χ4v) is 1.77. The van der Waals surface area contributed by atoms with Crippen molar-refractivity contribution in [1.82, 2.24) is 0 Å². The first-order valence-corrected chi connectivity index (χ1v) is 4.66. The van der Waals surface area contributed by atoms with Crippen LogP contribution >= 0.6 is 11.6 Å². The van der Waals surface area contributed by atoms with Crippen molar-refractivity contribution in [3.05, 3.63) is 46.2 Å². The van der Waals surface area contributed by atoms with Gasteiger partial charge in [0.2, 0.25) is 5.78 Å². The lowest BCUT2D eigenvalue weighted by Gasteiger charge is -2.14. The number of fused-ring (bicyclic) bond motifs is 1. The zero-order valence-corrected chi connectivity index (χ0v) is 8.67. The predicted octanol–water partition coefficient (Wildman–Crippen LogP) is 2.25. The molecule has 3 nitrogen and oxygen atoms in total. The molecule has 15 heavy (non-hydrogen) atoms. The van der Waals surface area contributed by atoms with Crippen LogP contribution in [-0.4, -0.2) is 18.7 Å². The number of rotatable bonds is 1. The molecule has 0 fully saturated rings. The molecular formula is C11H7ClO3. The summed E-state index contributed by atoms with van der Waals surface area (Å²) in [6, 6.07) is 4.77. The van der Waals surface area contributed by atoms with Crippen LogP contribution in [0.25, 0.3) is 0 Å². The summed E-state index contributed by atoms with van der Waals surface area (Å²) in [6.45, 7) is 0. The number of ketones is 2. The van der Waals surface area contributed by atoms with Gasteiger partial charge in [-0.2, -0.15) is 0 Å². The van der Waals surface area contributed by atoms with Crippen molar-refractivity contribution >= 4 is 23.2 Å². The van der Waals surface area contributed by atoms with E-state index in [-0.39, 0.29) is 27.9 Å². The van der Waals surface area contributed by atoms with Crippen LogP contribution < -0.4 is 0 Å². The summed E-state index contributed by atoms with van der Waals surface area (Å²) in [5.74, 6) is -0.559. The van der Waals surface area contributed by atoms with Crippen LogP contribution in [0.3, 0.4) is 0 Å². The van der Waals surface area contributed by atoms with E-state index in [9.17, 15) is 9.59 Å². The smallest absolute Gasteiger partial charge is 0.228 e. The van der Waals surface area contributed by atoms with Crippen molar-refractivity contribution in [2.45, 2.75) is 0 Å². The van der Waals surface area contributed by atoms with Crippen LogP contribution in [0.4, 0.5) is 0 Å². The van der Waals surface area contributed by atoms with Crippen LogP contribution in [0.2, 0.25) is 5.02 Å². The Balaban J connectivity index is 2.67. The number of hydrogen-bond donors (Lipinski definition) is 0. The van der Waals surface area contributed by atoms with Crippen LogP contribution in [-0.2, 0) is 4.74 Å². The van der Waals surface area contributed by atoms with Crippen molar-refractivity contribution in [2.75, 3.05) is 7.11 Å². The van der Waals surface area contributed by atoms with Crippen molar-refractivity contribution in [2.24, 2.45) is 0 Å². The number of carbonyl (C=O) groups excluding carboxylic acids is 2. The van der Waals surface area contributed by atoms with Crippen molar-refractivity contribution in [3.63, 3.8) is 0 Å². The largest absolute Gasteiger partial charge is 0.492 e. The monoisotopic (exact) mass is 222 g/mol. The minimum absolute atomic E-state index is 0.0507. The third-order valence-corrected chi connectivity index (χ3v) is 2.53. The molecule has 0 unspecified atom stereocenters. The Morgan fingerprint density at radius 3 is 2.67 bits per heavy atom. The number of carbonyl (C=O) groups is 2. The second-order valence-corrected chi connectivity index (χ2v) is 3.48. The van der Waals surface area contributed by atoms with Crippen molar-refractivity contribution < 1.29 is 14.3 Å². The standard InChI is InChI=1S/C11H7ClO3/c1-15-9-5-8(13)10-6(11(9)14)3-2-4-7(10)12/h2-5H,1H3. The molecule has 0 radical (unpaired) electrons. The number of methoxy groups -OCH3 is 1. The molecule has 0 bridgehead atoms. The number of hydrogen-bond acceptors (Lipinski definition) is 3. The Bertz CT molecular complexity index is 489. The molecule has 0 spiro atoms. The van der Waals surface area contributed by atoms with Gasteiger partial charge in [-0.1, -0.05) is 23.7 Å². The number of halogens is 1. The number of allylic oxidation sites excluding steroid dienone is 2. The van der Waals surface area contributed by atoms with E-state index < -0.39 is 0 Å². The van der Waals surface area contributed by atoms with E-state index in [1.54, 1.807) is 18.2 Å². The normalized spacial score (nSPS) is 14.7. The first-order chi connectivity index (χ1) is 7.15. The fourth-order valence-electron chi connectivity index (χ4n) is 1.50. The molecule has 2 rings (SSSR count). The van der Waals surface area contributed by atoms with Gasteiger partial charge in [-0.25, -0.2) is 0 Å². The SMILES string of the molecule is COC1=CC(=O)c2c(Cl)cccc2C1=O. The Labute approximate surface area is 91.3 Å². The fraction of sp³-hybridized carbons (Fsp3) is 0.0909. The van der Waals surface area contributed by atoms with E-state index in [1.807, 2.05) is 0 Å². The zero-order valence-electron chi connectivity index (χ0n) is 7.91. The summed E-state index contributed by atoms with van der Waals surface area (Å²) in [4.78, 5) is 23.4. The van der Waals surface area contributed by atoms with E-state index in [1.165, 1.54) is 7.11 Å². The van der Waals surface area contributed by atoms with Gasteiger partial charge < -0.3 is 4.74 Å². The maximum atomic E-state index is 11.7. The van der Waals surface area contributed by atoms with E-state index in [0.717, 1.165) is 6.08 Å². The van der Waals surface area contributed by atoms with Gasteiger partial charge >= 0.3 is 0 Å². The van der Waals surface area contributed by atoms with E-state index in [4.69, 9.17) is 16.3 Å².